The van der Waals surface area contributed by atoms with Crippen molar-refractivity contribution < 1.29 is 15.1 Å². The van der Waals surface area contributed by atoms with E-state index in [0.29, 0.717) is 24.0 Å². The number of rotatable bonds is 9. The van der Waals surface area contributed by atoms with Crippen LogP contribution < -0.4 is 0 Å². The molecule has 0 atom stereocenters. The number of unbranched alkanes of at least 4 members (excludes halogenated alkanes) is 4. The molecule has 118 valence electrons. The first-order valence-electron chi connectivity index (χ1n) is 7.73. The molecule has 0 unspecified atom stereocenters. The van der Waals surface area contributed by atoms with Crippen LogP contribution in [0.1, 0.15) is 63.5 Å². The van der Waals surface area contributed by atoms with Crippen LogP contribution in [0, 0.1) is 10.1 Å². The number of hydrogen-bond acceptors (Lipinski definition) is 4. The van der Waals surface area contributed by atoms with Crippen LogP contribution >= 0.6 is 0 Å². The lowest BCUT2D eigenvalue weighted by Crippen LogP contribution is -2.02. The van der Waals surface area contributed by atoms with E-state index in [-0.39, 0.29) is 11.4 Å². The van der Waals surface area contributed by atoms with E-state index < -0.39 is 10.7 Å². The van der Waals surface area contributed by atoms with Crippen molar-refractivity contribution in [3.63, 3.8) is 0 Å². The van der Waals surface area contributed by atoms with E-state index in [1.165, 1.54) is 0 Å². The Hall–Kier alpha value is -1.78. The zero-order valence-corrected chi connectivity index (χ0v) is 12.9. The molecule has 5 heteroatoms. The van der Waals surface area contributed by atoms with Crippen molar-refractivity contribution >= 4 is 5.69 Å². The van der Waals surface area contributed by atoms with E-state index in [1.54, 1.807) is 0 Å². The number of nitrogens with zero attached hydrogens (tertiary/aromatic N) is 1. The Labute approximate surface area is 125 Å². The summed E-state index contributed by atoms with van der Waals surface area (Å²) in [6.07, 6.45) is 6.89. The second kappa shape index (κ2) is 8.49. The Morgan fingerprint density at radius 2 is 1.52 bits per heavy atom. The van der Waals surface area contributed by atoms with Crippen molar-refractivity contribution in [2.75, 3.05) is 0 Å². The molecule has 1 aromatic carbocycles. The van der Waals surface area contributed by atoms with Crippen molar-refractivity contribution in [3.05, 3.63) is 27.3 Å². The SMILES string of the molecule is CCCCCc1c([N+](=O)[O-])cc(O)c(O)c1CCCCC. The summed E-state index contributed by atoms with van der Waals surface area (Å²) in [5.41, 5.74) is 1.05. The fraction of sp³-hybridized carbons (Fsp3) is 0.625. The van der Waals surface area contributed by atoms with Crippen molar-refractivity contribution in [2.24, 2.45) is 0 Å². The van der Waals surface area contributed by atoms with Gasteiger partial charge in [-0.3, -0.25) is 10.1 Å². The highest BCUT2D eigenvalue weighted by Crippen LogP contribution is 2.39. The lowest BCUT2D eigenvalue weighted by Gasteiger charge is -2.13. The molecule has 2 N–H and O–H groups in total. The fourth-order valence-corrected chi connectivity index (χ4v) is 2.55. The van der Waals surface area contributed by atoms with Crippen LogP contribution in [0.5, 0.6) is 11.5 Å². The zero-order chi connectivity index (χ0) is 15.8. The molecule has 0 radical (unpaired) electrons. The first kappa shape index (κ1) is 17.3. The molecule has 0 aliphatic heterocycles. The molecule has 0 aromatic heterocycles. The maximum Gasteiger partial charge on any atom is 0.276 e. The van der Waals surface area contributed by atoms with E-state index in [2.05, 4.69) is 13.8 Å². The lowest BCUT2D eigenvalue weighted by atomic mass is 9.94. The molecular weight excluding hydrogens is 270 g/mol. The van der Waals surface area contributed by atoms with Crippen molar-refractivity contribution in [1.82, 2.24) is 0 Å². The second-order valence-electron chi connectivity index (χ2n) is 5.39. The molecule has 0 aliphatic carbocycles. The van der Waals surface area contributed by atoms with Crippen LogP contribution in [0.2, 0.25) is 0 Å². The van der Waals surface area contributed by atoms with Gasteiger partial charge in [0.05, 0.1) is 11.0 Å². The van der Waals surface area contributed by atoms with Crippen LogP contribution in [0.15, 0.2) is 6.07 Å². The van der Waals surface area contributed by atoms with Gasteiger partial charge in [0.1, 0.15) is 0 Å². The topological polar surface area (TPSA) is 83.6 Å². The molecule has 0 amide bonds. The minimum atomic E-state index is -0.468. The first-order valence-corrected chi connectivity index (χ1v) is 7.73. The maximum atomic E-state index is 11.2. The van der Waals surface area contributed by atoms with Gasteiger partial charge in [0, 0.05) is 11.1 Å². The lowest BCUT2D eigenvalue weighted by molar-refractivity contribution is -0.385. The molecule has 0 aliphatic rings. The largest absolute Gasteiger partial charge is 0.504 e. The second-order valence-corrected chi connectivity index (χ2v) is 5.39. The van der Waals surface area contributed by atoms with E-state index >= 15 is 0 Å². The van der Waals surface area contributed by atoms with E-state index in [1.807, 2.05) is 0 Å². The summed E-state index contributed by atoms with van der Waals surface area (Å²) in [6.45, 7) is 4.15. The van der Waals surface area contributed by atoms with Gasteiger partial charge in [0.15, 0.2) is 11.5 Å². The van der Waals surface area contributed by atoms with Crippen LogP contribution in [0.4, 0.5) is 5.69 Å². The highest BCUT2D eigenvalue weighted by atomic mass is 16.6. The molecule has 1 rings (SSSR count). The van der Waals surface area contributed by atoms with Crippen molar-refractivity contribution in [2.45, 2.75) is 65.2 Å². The van der Waals surface area contributed by atoms with Gasteiger partial charge in [0.25, 0.3) is 5.69 Å². The van der Waals surface area contributed by atoms with Crippen LogP contribution in [0.25, 0.3) is 0 Å². The fourth-order valence-electron chi connectivity index (χ4n) is 2.55. The van der Waals surface area contributed by atoms with Gasteiger partial charge in [-0.05, 0) is 25.7 Å². The van der Waals surface area contributed by atoms with Crippen molar-refractivity contribution in [3.8, 4) is 11.5 Å². The average molecular weight is 295 g/mol. The van der Waals surface area contributed by atoms with Crippen molar-refractivity contribution in [1.29, 1.82) is 0 Å². The van der Waals surface area contributed by atoms with Gasteiger partial charge in [-0.2, -0.15) is 0 Å². The molecule has 0 bridgehead atoms. The predicted molar refractivity (Wildman–Crippen MR) is 82.9 cm³/mol. The number of nitro groups is 1. The summed E-state index contributed by atoms with van der Waals surface area (Å²) in [4.78, 5) is 10.7. The monoisotopic (exact) mass is 295 g/mol. The van der Waals surface area contributed by atoms with Crippen LogP contribution in [-0.2, 0) is 12.8 Å². The molecule has 1 aromatic rings. The summed E-state index contributed by atoms with van der Waals surface area (Å²) >= 11 is 0. The van der Waals surface area contributed by atoms with Gasteiger partial charge in [0.2, 0.25) is 0 Å². The van der Waals surface area contributed by atoms with Gasteiger partial charge in [-0.1, -0.05) is 39.5 Å². The molecular formula is C16H25NO4. The third kappa shape index (κ3) is 4.62. The molecule has 21 heavy (non-hydrogen) atoms. The quantitative estimate of drug-likeness (QED) is 0.304. The van der Waals surface area contributed by atoms with Gasteiger partial charge >= 0.3 is 0 Å². The van der Waals surface area contributed by atoms with Gasteiger partial charge < -0.3 is 10.2 Å². The highest BCUT2D eigenvalue weighted by molar-refractivity contribution is 5.59. The number of phenols is 2. The molecule has 0 heterocycles. The van der Waals surface area contributed by atoms with Crippen LogP contribution in [-0.4, -0.2) is 15.1 Å². The Balaban J connectivity index is 3.16. The summed E-state index contributed by atoms with van der Waals surface area (Å²) < 4.78 is 0. The van der Waals surface area contributed by atoms with Gasteiger partial charge in [-0.15, -0.1) is 0 Å². The Kier molecular flexibility index (Phi) is 6.99. The number of hydrogen-bond donors (Lipinski definition) is 2. The smallest absolute Gasteiger partial charge is 0.276 e. The number of benzene rings is 1. The summed E-state index contributed by atoms with van der Waals surface area (Å²) in [6, 6.07) is 1.07. The standard InChI is InChI=1S/C16H25NO4/c1-3-5-7-9-12-13(10-8-6-4-2)16(19)15(18)11-14(12)17(20)21/h11,18-19H,3-10H2,1-2H3. The maximum absolute atomic E-state index is 11.2. The van der Waals surface area contributed by atoms with Gasteiger partial charge in [-0.25, -0.2) is 0 Å². The molecule has 0 saturated heterocycles. The third-order valence-electron chi connectivity index (χ3n) is 3.73. The summed E-state index contributed by atoms with van der Waals surface area (Å²) in [7, 11) is 0. The Morgan fingerprint density at radius 3 is 2.00 bits per heavy atom. The minimum Gasteiger partial charge on any atom is -0.504 e. The molecule has 5 nitrogen and oxygen atoms in total. The number of nitro benzene ring substituents is 1. The summed E-state index contributed by atoms with van der Waals surface area (Å²) in [5, 5.41) is 31.0. The van der Waals surface area contributed by atoms with E-state index in [4.69, 9.17) is 0 Å². The third-order valence-corrected chi connectivity index (χ3v) is 3.73. The first-order chi connectivity index (χ1) is 10.0. The molecule has 0 saturated carbocycles. The normalized spacial score (nSPS) is 10.8. The highest BCUT2D eigenvalue weighted by Gasteiger charge is 2.23. The Bertz CT molecular complexity index is 486. The average Bonchev–Trinajstić information content (AvgIpc) is 2.45. The predicted octanol–water partition coefficient (Wildman–Crippen LogP) is 4.47. The van der Waals surface area contributed by atoms with E-state index in [0.717, 1.165) is 44.6 Å². The number of phenolic OH excluding ortho intramolecular Hbond substituents is 2. The summed E-state index contributed by atoms with van der Waals surface area (Å²) in [5.74, 6) is -0.587. The Morgan fingerprint density at radius 1 is 1.00 bits per heavy atom. The zero-order valence-electron chi connectivity index (χ0n) is 12.9. The minimum absolute atomic E-state index is 0.0760. The molecule has 0 spiro atoms. The molecule has 0 fully saturated rings. The van der Waals surface area contributed by atoms with Crippen LogP contribution in [0.3, 0.4) is 0 Å². The van der Waals surface area contributed by atoms with E-state index in [9.17, 15) is 20.3 Å². The number of aromatic hydroxyl groups is 2.